The first-order chi connectivity index (χ1) is 5.92. The average Bonchev–Trinajstić information content (AvgIpc) is 2.53. The minimum absolute atomic E-state index is 0.712. The van der Waals surface area contributed by atoms with E-state index in [1.807, 2.05) is 12.1 Å². The van der Waals surface area contributed by atoms with Gasteiger partial charge in [0.2, 0.25) is 0 Å². The maximum absolute atomic E-state index is 10.1. The van der Waals surface area contributed by atoms with Crippen molar-refractivity contribution in [1.82, 2.24) is 4.98 Å². The van der Waals surface area contributed by atoms with Crippen LogP contribution in [0.4, 0.5) is 5.69 Å². The molecule has 0 fully saturated rings. The fraction of sp³-hybridized carbons (Fsp3) is 0. The highest BCUT2D eigenvalue weighted by Crippen LogP contribution is 2.24. The Kier molecular flexibility index (Phi) is 1.75. The van der Waals surface area contributed by atoms with E-state index < -0.39 is 0 Å². The monoisotopic (exact) mass is 177 g/mol. The number of benzene rings is 1. The van der Waals surface area contributed by atoms with Gasteiger partial charge in [-0.3, -0.25) is 4.79 Å². The zero-order valence-electron chi connectivity index (χ0n) is 6.07. The van der Waals surface area contributed by atoms with Crippen molar-refractivity contribution in [2.45, 2.75) is 0 Å². The molecule has 0 atom stereocenters. The third-order valence-corrected chi connectivity index (χ3v) is 2.34. The van der Waals surface area contributed by atoms with E-state index in [2.05, 4.69) is 10.3 Å². The van der Waals surface area contributed by atoms with Crippen LogP contribution in [0.5, 0.6) is 0 Å². The summed E-state index contributed by atoms with van der Waals surface area (Å²) in [6.45, 7) is 0. The van der Waals surface area contributed by atoms with E-state index in [1.165, 1.54) is 0 Å². The summed E-state index contributed by atoms with van der Waals surface area (Å²) in [4.78, 5) is 14.2. The molecule has 4 heteroatoms. The van der Waals surface area contributed by atoms with Crippen molar-refractivity contribution >= 4 is 33.7 Å². The van der Waals surface area contributed by atoms with Gasteiger partial charge in [-0.25, -0.2) is 4.98 Å². The molecule has 0 saturated carbocycles. The fourth-order valence-electron chi connectivity index (χ4n) is 1.04. The molecule has 0 aliphatic heterocycles. The van der Waals surface area contributed by atoms with E-state index >= 15 is 0 Å². The van der Waals surface area contributed by atoms with E-state index in [9.17, 15) is 4.79 Å². The van der Waals surface area contributed by atoms with Crippen LogP contribution in [-0.2, 0) is 4.79 Å². The van der Waals surface area contributed by atoms with Gasteiger partial charge in [-0.05, 0) is 12.1 Å². The summed E-state index contributed by atoms with van der Waals surface area (Å²) in [5.41, 5.74) is 3.29. The lowest BCUT2D eigenvalue weighted by Crippen LogP contribution is -1.93. The largest absolute Gasteiger partial charge is 0.316 e. The number of nitrogens with zero attached hydrogens (tertiary/aromatic N) is 1. The van der Waals surface area contributed by atoms with Gasteiger partial charge < -0.3 is 5.32 Å². The number of rotatable bonds is 2. The molecule has 1 aromatic heterocycles. The molecule has 0 unspecified atom stereocenters. The molecule has 1 N–H and O–H groups in total. The van der Waals surface area contributed by atoms with Crippen LogP contribution in [0.25, 0.3) is 10.2 Å². The lowest BCUT2D eigenvalue weighted by Gasteiger charge is -1.96. The van der Waals surface area contributed by atoms with Crippen molar-refractivity contribution in [3.63, 3.8) is 0 Å². The van der Waals surface area contributed by atoms with Crippen molar-refractivity contribution in [2.24, 2.45) is 0 Å². The van der Waals surface area contributed by atoms with Crippen LogP contribution in [0.3, 0.4) is 0 Å². The molecule has 0 aliphatic carbocycles. The Morgan fingerprint density at radius 3 is 3.25 bits per heavy atom. The van der Waals surface area contributed by atoms with E-state index in [4.69, 9.17) is 0 Å². The number of carbonyl (C=O) groups excluding carboxylic acids is 1. The lowest BCUT2D eigenvalue weighted by atomic mass is 10.3. The van der Waals surface area contributed by atoms with Crippen LogP contribution < -0.4 is 5.32 Å². The Balaban J connectivity index is 2.65. The Morgan fingerprint density at radius 1 is 1.50 bits per heavy atom. The van der Waals surface area contributed by atoms with Gasteiger partial charge in [-0.2, -0.15) is 0 Å². The maximum atomic E-state index is 10.1. The molecule has 2 rings (SSSR count). The summed E-state index contributed by atoms with van der Waals surface area (Å²) in [5.74, 6) is 0. The molecule has 1 heterocycles. The summed E-state index contributed by atoms with van der Waals surface area (Å²) < 4.78 is 1.07. The Hall–Kier alpha value is -1.42. The normalized spacial score (nSPS) is 10.0. The van der Waals surface area contributed by atoms with Gasteiger partial charge in [-0.15, -0.1) is 11.3 Å². The van der Waals surface area contributed by atoms with E-state index in [1.54, 1.807) is 29.3 Å². The summed E-state index contributed by atoms with van der Waals surface area (Å²) >= 11 is 1.55. The number of hydrogen-bond donors (Lipinski definition) is 1. The number of thiazole rings is 1. The molecule has 3 nitrogen and oxygen atoms in total. The van der Waals surface area contributed by atoms with E-state index in [-0.39, 0.29) is 0 Å². The topological polar surface area (TPSA) is 42.0 Å². The van der Waals surface area contributed by atoms with Gasteiger partial charge in [0.15, 0.2) is 0 Å². The Bertz CT molecular complexity index is 410. The highest BCUT2D eigenvalue weighted by atomic mass is 32.1. The van der Waals surface area contributed by atoms with E-state index in [0.29, 0.717) is 5.69 Å². The highest BCUT2D eigenvalue weighted by Gasteiger charge is 2.01. The Morgan fingerprint density at radius 2 is 2.42 bits per heavy atom. The summed E-state index contributed by atoms with van der Waals surface area (Å²) in [5, 5.41) is 2.48. The molecule has 0 bridgehead atoms. The van der Waals surface area contributed by atoms with Crippen LogP contribution in [0, 0.1) is 0 Å². The van der Waals surface area contributed by atoms with Gasteiger partial charge in [-0.1, -0.05) is 6.07 Å². The van der Waals surface area contributed by atoms with Crippen LogP contribution in [0.2, 0.25) is 0 Å². The van der Waals surface area contributed by atoms with Gasteiger partial charge in [0.05, 0.1) is 15.9 Å². The molecule has 1 amide bonds. The smallest absolute Gasteiger partial charge is 0.314 e. The van der Waals surface area contributed by atoms with Crippen molar-refractivity contribution in [3.05, 3.63) is 23.7 Å². The van der Waals surface area contributed by atoms with Gasteiger partial charge in [0.25, 0.3) is 0 Å². The molecule has 0 spiro atoms. The minimum atomic E-state index is 0.712. The third-order valence-electron chi connectivity index (χ3n) is 1.55. The van der Waals surface area contributed by atoms with Crippen molar-refractivity contribution < 1.29 is 4.79 Å². The first kappa shape index (κ1) is 7.24. The second kappa shape index (κ2) is 2.91. The highest BCUT2D eigenvalue weighted by molar-refractivity contribution is 7.16. The number of para-hydroxylation sites is 1. The minimum Gasteiger partial charge on any atom is -0.316 e. The number of amides is 1. The second-order valence-electron chi connectivity index (χ2n) is 2.23. The molecule has 0 saturated heterocycles. The van der Waals surface area contributed by atoms with Gasteiger partial charge in [0, 0.05) is 0 Å². The summed E-state index contributed by atoms with van der Waals surface area (Å²) in [7, 11) is 0. The van der Waals surface area contributed by atoms with Crippen LogP contribution in [0.1, 0.15) is 0 Å². The number of fused-ring (bicyclic) bond motifs is 1. The first-order valence-corrected chi connectivity index (χ1v) is 4.25. The van der Waals surface area contributed by atoms with Crippen molar-refractivity contribution in [3.8, 4) is 0 Å². The van der Waals surface area contributed by atoms with Crippen LogP contribution in [0.15, 0.2) is 23.7 Å². The number of hydrogen-bond acceptors (Lipinski definition) is 3. The SMILES string of the molecule is O=[C]Nc1cccc2scnc12. The first-order valence-electron chi connectivity index (χ1n) is 3.37. The molecule has 0 aliphatic rings. The third kappa shape index (κ3) is 1.06. The standard InChI is InChI=1S/C8H5N2OS/c11-4-9-6-2-1-3-7-8(6)10-5-12-7/h1-3,5H,(H,9,11). The summed E-state index contributed by atoms with van der Waals surface area (Å²) in [6, 6.07) is 5.64. The molecule has 59 valence electrons. The quantitative estimate of drug-likeness (QED) is 0.710. The fourth-order valence-corrected chi connectivity index (χ4v) is 1.75. The van der Waals surface area contributed by atoms with Gasteiger partial charge >= 0.3 is 6.41 Å². The predicted octanol–water partition coefficient (Wildman–Crippen LogP) is 1.78. The lowest BCUT2D eigenvalue weighted by molar-refractivity contribution is 0.561. The average molecular weight is 177 g/mol. The second-order valence-corrected chi connectivity index (χ2v) is 3.12. The molecular weight excluding hydrogens is 172 g/mol. The molecule has 2 aromatic rings. The van der Waals surface area contributed by atoms with Crippen molar-refractivity contribution in [1.29, 1.82) is 0 Å². The zero-order chi connectivity index (χ0) is 8.39. The molecular formula is C8H5N2OS. The summed E-state index contributed by atoms with van der Waals surface area (Å²) in [6.07, 6.45) is 1.63. The van der Waals surface area contributed by atoms with Crippen LogP contribution >= 0.6 is 11.3 Å². The number of anilines is 1. The number of aromatic nitrogens is 1. The van der Waals surface area contributed by atoms with E-state index in [0.717, 1.165) is 10.2 Å². The predicted molar refractivity (Wildman–Crippen MR) is 48.9 cm³/mol. The van der Waals surface area contributed by atoms with Crippen molar-refractivity contribution in [2.75, 3.05) is 5.32 Å². The molecule has 12 heavy (non-hydrogen) atoms. The maximum Gasteiger partial charge on any atom is 0.314 e. The molecule has 1 radical (unpaired) electrons. The van der Waals surface area contributed by atoms with Gasteiger partial charge in [0.1, 0.15) is 5.52 Å². The molecule has 1 aromatic carbocycles. The number of nitrogens with one attached hydrogen (secondary N) is 1. The zero-order valence-corrected chi connectivity index (χ0v) is 6.89. The Labute approximate surface area is 73.0 Å². The van der Waals surface area contributed by atoms with Crippen LogP contribution in [-0.4, -0.2) is 11.4 Å².